The summed E-state index contributed by atoms with van der Waals surface area (Å²) in [6.45, 7) is 9.08. The molecule has 0 N–H and O–H groups in total. The van der Waals surface area contributed by atoms with E-state index in [0.717, 1.165) is 6.42 Å². The quantitative estimate of drug-likeness (QED) is 0.576. The molecule has 0 heterocycles. The Hall–Kier alpha value is -0.780. The third-order valence-corrected chi connectivity index (χ3v) is 3.05. The fourth-order valence-electron chi connectivity index (χ4n) is 1.97. The summed E-state index contributed by atoms with van der Waals surface area (Å²) in [6, 6.07) is 6.82. The minimum Gasteiger partial charge on any atom is -0.0584 e. The monoisotopic (exact) mass is 186 g/mol. The van der Waals surface area contributed by atoms with Gasteiger partial charge in [-0.15, -0.1) is 0 Å². The van der Waals surface area contributed by atoms with Crippen LogP contribution >= 0.6 is 0 Å². The molecule has 0 aromatic heterocycles. The maximum Gasteiger partial charge on any atom is 0.0173 e. The number of hydrogen-bond donors (Lipinski definition) is 0. The SMILES string of the molecule is C[C@H]1C[C]c2ccc(C(C)(C)C)cc21. The van der Waals surface area contributed by atoms with Crippen molar-refractivity contribution >= 4 is 0 Å². The van der Waals surface area contributed by atoms with Crippen LogP contribution in [0.15, 0.2) is 18.2 Å². The Morgan fingerprint density at radius 1 is 1.29 bits per heavy atom. The van der Waals surface area contributed by atoms with Crippen molar-refractivity contribution in [2.24, 2.45) is 0 Å². The van der Waals surface area contributed by atoms with Crippen molar-refractivity contribution in [1.82, 2.24) is 0 Å². The van der Waals surface area contributed by atoms with Crippen LogP contribution in [0.1, 0.15) is 56.7 Å². The third-order valence-electron chi connectivity index (χ3n) is 3.05. The van der Waals surface area contributed by atoms with E-state index in [1.807, 2.05) is 0 Å². The van der Waals surface area contributed by atoms with E-state index in [4.69, 9.17) is 0 Å². The highest BCUT2D eigenvalue weighted by atomic mass is 14.3. The van der Waals surface area contributed by atoms with Gasteiger partial charge in [-0.05, 0) is 34.4 Å². The van der Waals surface area contributed by atoms with Gasteiger partial charge in [-0.3, -0.25) is 0 Å². The van der Waals surface area contributed by atoms with E-state index in [-0.39, 0.29) is 5.41 Å². The van der Waals surface area contributed by atoms with Crippen LogP contribution in [0.25, 0.3) is 0 Å². The first-order valence-electron chi connectivity index (χ1n) is 5.37. The van der Waals surface area contributed by atoms with Crippen LogP contribution in [0.5, 0.6) is 0 Å². The average molecular weight is 186 g/mol. The lowest BCUT2D eigenvalue weighted by atomic mass is 9.85. The van der Waals surface area contributed by atoms with E-state index in [1.54, 1.807) is 0 Å². The molecule has 0 fully saturated rings. The molecule has 0 bridgehead atoms. The van der Waals surface area contributed by atoms with E-state index in [2.05, 4.69) is 52.3 Å². The predicted molar refractivity (Wildman–Crippen MR) is 60.5 cm³/mol. The topological polar surface area (TPSA) is 0 Å². The van der Waals surface area contributed by atoms with Crippen molar-refractivity contribution in [2.45, 2.75) is 45.4 Å². The molecule has 2 rings (SSSR count). The third kappa shape index (κ3) is 1.58. The Kier molecular flexibility index (Phi) is 2.17. The molecule has 14 heavy (non-hydrogen) atoms. The Labute approximate surface area is 87.3 Å². The second-order valence-corrected chi connectivity index (χ2v) is 5.33. The lowest BCUT2D eigenvalue weighted by molar-refractivity contribution is 0.588. The summed E-state index contributed by atoms with van der Waals surface area (Å²) in [4.78, 5) is 0. The molecule has 0 nitrogen and oxygen atoms in total. The standard InChI is InChI=1S/C14H18/c1-10-5-6-11-7-8-12(9-13(10)11)14(2,3)4/h7-10H,5H2,1-4H3/t10-/m0/s1. The van der Waals surface area contributed by atoms with Crippen LogP contribution in [0, 0.1) is 6.42 Å². The Bertz CT molecular complexity index is 342. The molecule has 1 aromatic carbocycles. The zero-order chi connectivity index (χ0) is 10.3. The largest absolute Gasteiger partial charge is 0.0584 e. The molecule has 0 spiro atoms. The fourth-order valence-corrected chi connectivity index (χ4v) is 1.97. The van der Waals surface area contributed by atoms with Gasteiger partial charge in [-0.2, -0.15) is 0 Å². The van der Waals surface area contributed by atoms with Gasteiger partial charge in [0.05, 0.1) is 0 Å². The zero-order valence-corrected chi connectivity index (χ0v) is 9.52. The first-order valence-corrected chi connectivity index (χ1v) is 5.37. The average Bonchev–Trinajstić information content (AvgIpc) is 2.46. The molecule has 1 atom stereocenters. The highest BCUT2D eigenvalue weighted by molar-refractivity contribution is 5.44. The minimum atomic E-state index is 0.261. The van der Waals surface area contributed by atoms with Gasteiger partial charge >= 0.3 is 0 Å². The molecule has 0 heteroatoms. The van der Waals surface area contributed by atoms with Gasteiger partial charge in [0.25, 0.3) is 0 Å². The van der Waals surface area contributed by atoms with E-state index < -0.39 is 0 Å². The van der Waals surface area contributed by atoms with Gasteiger partial charge in [0, 0.05) is 6.42 Å². The zero-order valence-electron chi connectivity index (χ0n) is 9.52. The first kappa shape index (κ1) is 9.76. The van der Waals surface area contributed by atoms with Gasteiger partial charge in [-0.1, -0.05) is 45.9 Å². The van der Waals surface area contributed by atoms with Crippen molar-refractivity contribution in [3.63, 3.8) is 0 Å². The molecule has 2 radical (unpaired) electrons. The van der Waals surface area contributed by atoms with E-state index in [9.17, 15) is 0 Å². The molecular formula is C14H18. The van der Waals surface area contributed by atoms with Gasteiger partial charge in [0.1, 0.15) is 0 Å². The summed E-state index contributed by atoms with van der Waals surface area (Å²) in [5, 5.41) is 0. The van der Waals surface area contributed by atoms with Crippen LogP contribution in [0.3, 0.4) is 0 Å². The molecule has 1 aromatic rings. The second kappa shape index (κ2) is 3.12. The van der Waals surface area contributed by atoms with Gasteiger partial charge in [0.15, 0.2) is 0 Å². The van der Waals surface area contributed by atoms with Crippen molar-refractivity contribution in [3.05, 3.63) is 41.3 Å². The number of rotatable bonds is 0. The molecule has 74 valence electrons. The maximum atomic E-state index is 3.43. The molecule has 0 saturated carbocycles. The van der Waals surface area contributed by atoms with Gasteiger partial charge < -0.3 is 0 Å². The van der Waals surface area contributed by atoms with Gasteiger partial charge in [-0.25, -0.2) is 0 Å². The first-order chi connectivity index (χ1) is 6.48. The van der Waals surface area contributed by atoms with Crippen LogP contribution in [-0.2, 0) is 5.41 Å². The molecule has 1 aliphatic rings. The van der Waals surface area contributed by atoms with Gasteiger partial charge in [0.2, 0.25) is 0 Å². The lowest BCUT2D eigenvalue weighted by Gasteiger charge is -2.20. The number of hydrogen-bond acceptors (Lipinski definition) is 0. The molecule has 1 aliphatic carbocycles. The smallest absolute Gasteiger partial charge is 0.0173 e. The molecule has 0 aliphatic heterocycles. The molecule has 0 unspecified atom stereocenters. The summed E-state index contributed by atoms with van der Waals surface area (Å²) < 4.78 is 0. The number of fused-ring (bicyclic) bond motifs is 1. The van der Waals surface area contributed by atoms with E-state index in [0.29, 0.717) is 5.92 Å². The Morgan fingerprint density at radius 3 is 2.64 bits per heavy atom. The summed E-state index contributed by atoms with van der Waals surface area (Å²) in [5.41, 5.74) is 4.51. The second-order valence-electron chi connectivity index (χ2n) is 5.33. The Balaban J connectivity index is 2.45. The summed E-state index contributed by atoms with van der Waals surface area (Å²) in [6.07, 6.45) is 4.51. The van der Waals surface area contributed by atoms with Crippen molar-refractivity contribution in [2.75, 3.05) is 0 Å². The summed E-state index contributed by atoms with van der Waals surface area (Å²) >= 11 is 0. The summed E-state index contributed by atoms with van der Waals surface area (Å²) in [5.74, 6) is 0.660. The molecular weight excluding hydrogens is 168 g/mol. The van der Waals surface area contributed by atoms with Crippen LogP contribution in [0.2, 0.25) is 0 Å². The van der Waals surface area contributed by atoms with E-state index >= 15 is 0 Å². The summed E-state index contributed by atoms with van der Waals surface area (Å²) in [7, 11) is 0. The van der Waals surface area contributed by atoms with Crippen LogP contribution in [-0.4, -0.2) is 0 Å². The fraction of sp³-hybridized carbons (Fsp3) is 0.500. The molecule has 0 saturated heterocycles. The molecule has 0 amide bonds. The number of benzene rings is 1. The predicted octanol–water partition coefficient (Wildman–Crippen LogP) is 3.92. The van der Waals surface area contributed by atoms with Crippen LogP contribution in [0.4, 0.5) is 0 Å². The van der Waals surface area contributed by atoms with Crippen molar-refractivity contribution in [1.29, 1.82) is 0 Å². The lowest BCUT2D eigenvalue weighted by Crippen LogP contribution is -2.11. The highest BCUT2D eigenvalue weighted by Crippen LogP contribution is 2.36. The van der Waals surface area contributed by atoms with Crippen LogP contribution < -0.4 is 0 Å². The normalized spacial score (nSPS) is 21.0. The minimum absolute atomic E-state index is 0.261. The highest BCUT2D eigenvalue weighted by Gasteiger charge is 2.22. The van der Waals surface area contributed by atoms with Crippen molar-refractivity contribution < 1.29 is 0 Å². The Morgan fingerprint density at radius 2 is 2.00 bits per heavy atom. The maximum absolute atomic E-state index is 3.43. The van der Waals surface area contributed by atoms with E-state index in [1.165, 1.54) is 16.7 Å². The van der Waals surface area contributed by atoms with Crippen molar-refractivity contribution in [3.8, 4) is 0 Å².